The molecule has 0 saturated heterocycles. The highest BCUT2D eigenvalue weighted by Crippen LogP contribution is 2.28. The minimum atomic E-state index is -4.19. The Labute approximate surface area is 259 Å². The fraction of sp³-hybridized carbons (Fsp3) is 0.235. The first kappa shape index (κ1) is 31.8. The number of sulfonamides is 1. The van der Waals surface area contributed by atoms with Crippen LogP contribution in [0.5, 0.6) is 0 Å². The van der Waals surface area contributed by atoms with Crippen LogP contribution in [0.2, 0.25) is 5.02 Å². The number of carbonyl (C=O) groups is 2. The molecule has 4 aromatic rings. The monoisotopic (exact) mass is 617 g/mol. The van der Waals surface area contributed by atoms with Crippen LogP contribution < -0.4 is 9.62 Å². The highest BCUT2D eigenvalue weighted by atomic mass is 35.5. The number of hydrogen-bond acceptors (Lipinski definition) is 4. The third-order valence-electron chi connectivity index (χ3n) is 7.16. The second-order valence-electron chi connectivity index (χ2n) is 10.4. The average Bonchev–Trinajstić information content (AvgIpc) is 3.00. The fourth-order valence-electron chi connectivity index (χ4n) is 4.83. The van der Waals surface area contributed by atoms with E-state index in [2.05, 4.69) is 5.32 Å². The van der Waals surface area contributed by atoms with Gasteiger partial charge in [-0.25, -0.2) is 8.42 Å². The van der Waals surface area contributed by atoms with E-state index < -0.39 is 28.5 Å². The Balaban J connectivity index is 1.80. The highest BCUT2D eigenvalue weighted by Gasteiger charge is 2.34. The van der Waals surface area contributed by atoms with E-state index in [4.69, 9.17) is 11.6 Å². The van der Waals surface area contributed by atoms with Gasteiger partial charge in [0.15, 0.2) is 0 Å². The van der Waals surface area contributed by atoms with Crippen LogP contribution >= 0.6 is 11.6 Å². The summed E-state index contributed by atoms with van der Waals surface area (Å²) in [6, 6.07) is 29.2. The summed E-state index contributed by atoms with van der Waals surface area (Å²) in [5.74, 6) is -0.816. The summed E-state index contributed by atoms with van der Waals surface area (Å²) in [6.07, 6.45) is 0.262. The summed E-state index contributed by atoms with van der Waals surface area (Å²) in [6.45, 7) is 5.59. The van der Waals surface area contributed by atoms with Gasteiger partial charge in [0, 0.05) is 24.5 Å². The number of carbonyl (C=O) groups excluding carboxylic acids is 2. The summed E-state index contributed by atoms with van der Waals surface area (Å²) in [5, 5.41) is 3.27. The zero-order valence-corrected chi connectivity index (χ0v) is 26.1. The third kappa shape index (κ3) is 8.03. The summed E-state index contributed by atoms with van der Waals surface area (Å²) in [4.78, 5) is 29.4. The molecule has 0 aromatic heterocycles. The van der Waals surface area contributed by atoms with Crippen molar-refractivity contribution in [2.45, 2.75) is 44.7 Å². The number of aryl methyl sites for hydroxylation is 2. The zero-order chi connectivity index (χ0) is 31.0. The van der Waals surface area contributed by atoms with Gasteiger partial charge in [-0.15, -0.1) is 0 Å². The molecule has 4 rings (SSSR count). The topological polar surface area (TPSA) is 86.8 Å². The molecule has 0 radical (unpaired) electrons. The predicted octanol–water partition coefficient (Wildman–Crippen LogP) is 5.93. The number of amides is 2. The number of nitrogens with zero attached hydrogens (tertiary/aromatic N) is 2. The molecule has 2 amide bonds. The number of rotatable bonds is 12. The molecule has 0 saturated carbocycles. The van der Waals surface area contributed by atoms with Crippen molar-refractivity contribution in [2.24, 2.45) is 0 Å². The Morgan fingerprint density at radius 1 is 0.814 bits per heavy atom. The molecule has 43 heavy (non-hydrogen) atoms. The van der Waals surface area contributed by atoms with Crippen LogP contribution in [0, 0.1) is 13.8 Å². The molecule has 0 aliphatic rings. The van der Waals surface area contributed by atoms with Crippen LogP contribution in [0.4, 0.5) is 5.69 Å². The Morgan fingerprint density at radius 2 is 1.44 bits per heavy atom. The largest absolute Gasteiger partial charge is 0.355 e. The highest BCUT2D eigenvalue weighted by molar-refractivity contribution is 7.92. The molecule has 4 aromatic carbocycles. The van der Waals surface area contributed by atoms with Crippen molar-refractivity contribution in [2.75, 3.05) is 17.4 Å². The Kier molecular flexibility index (Phi) is 10.6. The van der Waals surface area contributed by atoms with E-state index in [1.165, 1.54) is 29.2 Å². The third-order valence-corrected chi connectivity index (χ3v) is 9.19. The zero-order valence-electron chi connectivity index (χ0n) is 24.5. The molecule has 7 nitrogen and oxygen atoms in total. The van der Waals surface area contributed by atoms with E-state index >= 15 is 0 Å². The van der Waals surface area contributed by atoms with Gasteiger partial charge in [0.1, 0.15) is 12.6 Å². The minimum Gasteiger partial charge on any atom is -0.355 e. The quantitative estimate of drug-likeness (QED) is 0.214. The van der Waals surface area contributed by atoms with Gasteiger partial charge >= 0.3 is 0 Å². The SMILES string of the molecule is CCNC(=O)[C@@H](Cc1ccccc1)N(Cc1ccc(C)cc1)C(=O)CN(c1ccccc1C)S(=O)(=O)c1ccc(Cl)cc1. The first-order chi connectivity index (χ1) is 20.6. The maximum atomic E-state index is 14.4. The standard InChI is InChI=1S/C34H36ClN3O4S/c1-4-36-34(40)32(22-27-11-6-5-7-12-27)37(23-28-16-14-25(2)15-17-28)33(39)24-38(31-13-9-8-10-26(31)3)43(41,42)30-20-18-29(35)19-21-30/h5-21,32H,4,22-24H2,1-3H3,(H,36,40)/t32-/m1/s1. The van der Waals surface area contributed by atoms with Crippen LogP contribution in [0.25, 0.3) is 0 Å². The summed E-state index contributed by atoms with van der Waals surface area (Å²) < 4.78 is 29.3. The van der Waals surface area contributed by atoms with Gasteiger partial charge in [0.25, 0.3) is 10.0 Å². The van der Waals surface area contributed by atoms with E-state index in [9.17, 15) is 18.0 Å². The van der Waals surface area contributed by atoms with Gasteiger partial charge in [-0.05, 0) is 67.8 Å². The Bertz CT molecular complexity index is 1640. The minimum absolute atomic E-state index is 0.00241. The van der Waals surface area contributed by atoms with E-state index in [1.54, 1.807) is 25.1 Å². The number of likely N-dealkylation sites (N-methyl/N-ethyl adjacent to an activating group) is 1. The molecule has 0 spiro atoms. The van der Waals surface area contributed by atoms with E-state index in [0.29, 0.717) is 22.8 Å². The second-order valence-corrected chi connectivity index (χ2v) is 12.7. The van der Waals surface area contributed by atoms with Gasteiger partial charge in [0.05, 0.1) is 10.6 Å². The van der Waals surface area contributed by atoms with Crippen molar-refractivity contribution in [3.05, 3.63) is 130 Å². The first-order valence-corrected chi connectivity index (χ1v) is 15.9. The van der Waals surface area contributed by atoms with Crippen LogP contribution in [-0.2, 0) is 32.6 Å². The van der Waals surface area contributed by atoms with Crippen LogP contribution in [-0.4, -0.2) is 44.3 Å². The van der Waals surface area contributed by atoms with Gasteiger partial charge in [-0.3, -0.25) is 13.9 Å². The lowest BCUT2D eigenvalue weighted by Gasteiger charge is -2.34. The van der Waals surface area contributed by atoms with Gasteiger partial charge in [-0.2, -0.15) is 0 Å². The molecular formula is C34H36ClN3O4S. The first-order valence-electron chi connectivity index (χ1n) is 14.1. The van der Waals surface area contributed by atoms with Crippen LogP contribution in [0.3, 0.4) is 0 Å². The molecule has 0 aliphatic heterocycles. The molecule has 0 aliphatic carbocycles. The lowest BCUT2D eigenvalue weighted by atomic mass is 10.0. The average molecular weight is 618 g/mol. The predicted molar refractivity (Wildman–Crippen MR) is 172 cm³/mol. The summed E-state index contributed by atoms with van der Waals surface area (Å²) >= 11 is 6.05. The second kappa shape index (κ2) is 14.4. The van der Waals surface area contributed by atoms with Crippen LogP contribution in [0.1, 0.15) is 29.2 Å². The number of hydrogen-bond donors (Lipinski definition) is 1. The molecule has 9 heteroatoms. The summed E-state index contributed by atoms with van der Waals surface area (Å²) in [7, 11) is -4.19. The molecule has 1 N–H and O–H groups in total. The van der Waals surface area contributed by atoms with Crippen molar-refractivity contribution in [1.29, 1.82) is 0 Å². The molecule has 0 fully saturated rings. The number of nitrogens with one attached hydrogen (secondary N) is 1. The maximum absolute atomic E-state index is 14.4. The van der Waals surface area contributed by atoms with Crippen molar-refractivity contribution in [3.8, 4) is 0 Å². The van der Waals surface area contributed by atoms with E-state index in [-0.39, 0.29) is 23.8 Å². The van der Waals surface area contributed by atoms with Gasteiger partial charge < -0.3 is 10.2 Å². The van der Waals surface area contributed by atoms with E-state index in [0.717, 1.165) is 21.0 Å². The molecule has 1 atom stereocenters. The fourth-order valence-corrected chi connectivity index (χ4v) is 6.43. The number of benzene rings is 4. The molecule has 0 unspecified atom stereocenters. The Morgan fingerprint density at radius 3 is 2.07 bits per heavy atom. The number of para-hydroxylation sites is 1. The lowest BCUT2D eigenvalue weighted by Crippen LogP contribution is -2.53. The molecule has 0 heterocycles. The normalized spacial score (nSPS) is 11.9. The van der Waals surface area contributed by atoms with Crippen LogP contribution in [0.15, 0.2) is 108 Å². The molecule has 224 valence electrons. The van der Waals surface area contributed by atoms with Crippen molar-refractivity contribution < 1.29 is 18.0 Å². The van der Waals surface area contributed by atoms with Gasteiger partial charge in [-0.1, -0.05) is 90.0 Å². The van der Waals surface area contributed by atoms with Crippen molar-refractivity contribution in [3.63, 3.8) is 0 Å². The van der Waals surface area contributed by atoms with Crippen molar-refractivity contribution >= 4 is 39.1 Å². The molecule has 0 bridgehead atoms. The Hall–Kier alpha value is -4.14. The van der Waals surface area contributed by atoms with Gasteiger partial charge in [0.2, 0.25) is 11.8 Å². The van der Waals surface area contributed by atoms with E-state index in [1.807, 2.05) is 74.5 Å². The number of anilines is 1. The smallest absolute Gasteiger partial charge is 0.264 e. The van der Waals surface area contributed by atoms with Crippen molar-refractivity contribution in [1.82, 2.24) is 10.2 Å². The maximum Gasteiger partial charge on any atom is 0.264 e. The lowest BCUT2D eigenvalue weighted by molar-refractivity contribution is -0.140. The molecular weight excluding hydrogens is 582 g/mol. The summed E-state index contributed by atoms with van der Waals surface area (Å²) in [5.41, 5.74) is 3.82. The number of halogens is 1.